The highest BCUT2D eigenvalue weighted by Crippen LogP contribution is 2.32. The Morgan fingerprint density at radius 2 is 2.13 bits per heavy atom. The third-order valence-corrected chi connectivity index (χ3v) is 2.48. The van der Waals surface area contributed by atoms with Gasteiger partial charge in [-0.1, -0.05) is 12.2 Å². The topological polar surface area (TPSA) is 71.2 Å². The fraction of sp³-hybridized carbons (Fsp3) is 0.100. The van der Waals surface area contributed by atoms with Gasteiger partial charge in [0.2, 0.25) is 0 Å². The summed E-state index contributed by atoms with van der Waals surface area (Å²) in [5.74, 6) is -0.267. The number of ketones is 2. The minimum Gasteiger partial charge on any atom is -0.292 e. The zero-order valence-corrected chi connectivity index (χ0v) is 7.60. The first-order chi connectivity index (χ1) is 7.27. The molecule has 3 aliphatic rings. The molecule has 3 rings (SSSR count). The van der Waals surface area contributed by atoms with Gasteiger partial charge in [-0.25, -0.2) is 0 Å². The smallest absolute Gasteiger partial charge is 0.189 e. The van der Waals surface area contributed by atoms with E-state index in [9.17, 15) is 9.59 Å². The molecule has 0 fully saturated rings. The van der Waals surface area contributed by atoms with Gasteiger partial charge in [-0.3, -0.25) is 9.59 Å². The zero-order chi connectivity index (χ0) is 10.4. The lowest BCUT2D eigenvalue weighted by Gasteiger charge is -2.17. The van der Waals surface area contributed by atoms with Crippen LogP contribution in [0.2, 0.25) is 0 Å². The Balaban J connectivity index is 2.30. The summed E-state index contributed by atoms with van der Waals surface area (Å²) in [5.41, 5.74) is 1.72. The Bertz CT molecular complexity index is 547. The highest BCUT2D eigenvalue weighted by atomic mass is 16.1. The number of carbonyl (C=O) groups excluding carboxylic acids is 2. The second kappa shape index (κ2) is 2.66. The van der Waals surface area contributed by atoms with E-state index >= 15 is 0 Å². The van der Waals surface area contributed by atoms with Crippen molar-refractivity contribution in [1.82, 2.24) is 0 Å². The van der Waals surface area contributed by atoms with Crippen LogP contribution in [0, 0.1) is 0 Å². The van der Waals surface area contributed by atoms with Crippen molar-refractivity contribution in [2.24, 2.45) is 15.4 Å². The molecule has 15 heavy (non-hydrogen) atoms. The zero-order valence-electron chi connectivity index (χ0n) is 7.60. The summed E-state index contributed by atoms with van der Waals surface area (Å²) in [4.78, 5) is 23.2. The maximum Gasteiger partial charge on any atom is 0.189 e. The third kappa shape index (κ3) is 0.999. The van der Waals surface area contributed by atoms with Crippen molar-refractivity contribution < 1.29 is 9.59 Å². The third-order valence-electron chi connectivity index (χ3n) is 2.48. The second-order valence-electron chi connectivity index (χ2n) is 3.38. The predicted molar refractivity (Wildman–Crippen MR) is 51.2 cm³/mol. The van der Waals surface area contributed by atoms with Gasteiger partial charge in [-0.05, 0) is 16.9 Å². The molecule has 0 N–H and O–H groups in total. The lowest BCUT2D eigenvalue weighted by atomic mass is 9.84. The monoisotopic (exact) mass is 199 g/mol. The van der Waals surface area contributed by atoms with Gasteiger partial charge in [-0.15, -0.1) is 10.2 Å². The van der Waals surface area contributed by atoms with Gasteiger partial charge in [0.1, 0.15) is 5.70 Å². The summed E-state index contributed by atoms with van der Waals surface area (Å²) >= 11 is 0. The Hall–Kier alpha value is -2.17. The molecule has 2 aliphatic carbocycles. The summed E-state index contributed by atoms with van der Waals surface area (Å²) in [7, 11) is 0. The van der Waals surface area contributed by atoms with Gasteiger partial charge < -0.3 is 0 Å². The molecule has 0 atom stereocenters. The number of carbonyl (C=O) groups is 2. The summed E-state index contributed by atoms with van der Waals surface area (Å²) in [6.07, 6.45) is 5.06. The molecule has 0 radical (unpaired) electrons. The number of hydrogen-bond donors (Lipinski definition) is 0. The largest absolute Gasteiger partial charge is 0.292 e. The van der Waals surface area contributed by atoms with Crippen molar-refractivity contribution >= 4 is 17.3 Å². The van der Waals surface area contributed by atoms with Gasteiger partial charge in [-0.2, -0.15) is 0 Å². The molecular weight excluding hydrogens is 194 g/mol. The Kier molecular flexibility index (Phi) is 1.45. The van der Waals surface area contributed by atoms with Gasteiger partial charge in [0.15, 0.2) is 17.3 Å². The maximum atomic E-state index is 11.6. The van der Waals surface area contributed by atoms with Gasteiger partial charge in [0.05, 0.1) is 5.57 Å². The van der Waals surface area contributed by atoms with Gasteiger partial charge >= 0.3 is 0 Å². The number of allylic oxidation sites excluding steroid dienone is 6. The fourth-order valence-electron chi connectivity index (χ4n) is 1.81. The Morgan fingerprint density at radius 3 is 3.00 bits per heavy atom. The quantitative estimate of drug-likeness (QED) is 0.586. The highest BCUT2D eigenvalue weighted by molar-refractivity contribution is 6.49. The Labute approximate surface area is 84.6 Å². The minimum atomic E-state index is -0.136. The van der Waals surface area contributed by atoms with Crippen molar-refractivity contribution in [2.75, 3.05) is 0 Å². The maximum absolute atomic E-state index is 11.6. The van der Waals surface area contributed by atoms with Crippen LogP contribution in [-0.4, -0.2) is 17.3 Å². The van der Waals surface area contributed by atoms with E-state index in [2.05, 4.69) is 15.4 Å². The first-order valence-corrected chi connectivity index (χ1v) is 4.46. The molecule has 0 amide bonds. The minimum absolute atomic E-state index is 0.131. The lowest BCUT2D eigenvalue weighted by Crippen LogP contribution is -2.25. The average molecular weight is 199 g/mol. The van der Waals surface area contributed by atoms with E-state index in [0.29, 0.717) is 16.8 Å². The van der Waals surface area contributed by atoms with Crippen molar-refractivity contribution in [3.8, 4) is 0 Å². The van der Waals surface area contributed by atoms with E-state index in [4.69, 9.17) is 0 Å². The lowest BCUT2D eigenvalue weighted by molar-refractivity contribution is -0.112. The van der Waals surface area contributed by atoms with E-state index in [-0.39, 0.29) is 23.7 Å². The van der Waals surface area contributed by atoms with Crippen molar-refractivity contribution in [1.29, 1.82) is 0 Å². The van der Waals surface area contributed by atoms with E-state index in [1.807, 2.05) is 0 Å². The standard InChI is InChI=1S/C10H5N3O2/c14-6-3-1-2-5-4-7(15)9-10(8(5)6)12-13-11-9/h1-3H,4H2. The molecule has 5 heteroatoms. The van der Waals surface area contributed by atoms with Crippen LogP contribution in [-0.2, 0) is 9.59 Å². The second-order valence-corrected chi connectivity index (χ2v) is 3.38. The Morgan fingerprint density at radius 1 is 1.27 bits per heavy atom. The molecule has 72 valence electrons. The molecule has 1 aliphatic heterocycles. The summed E-state index contributed by atoms with van der Waals surface area (Å²) in [5, 5.41) is 10.8. The number of Topliss-reactive ketones (excluding diaryl/α,β-unsaturated/α-hetero) is 1. The molecular formula is C10H5N3O2. The van der Waals surface area contributed by atoms with Crippen LogP contribution in [0.25, 0.3) is 0 Å². The van der Waals surface area contributed by atoms with Crippen LogP contribution in [0.4, 0.5) is 0 Å². The molecule has 0 aromatic rings. The molecule has 0 saturated heterocycles. The summed E-state index contributed by atoms with van der Waals surface area (Å²) in [6, 6.07) is 0. The number of hydrogen-bond acceptors (Lipinski definition) is 5. The van der Waals surface area contributed by atoms with E-state index in [1.54, 1.807) is 12.2 Å². The number of nitrogens with zero attached hydrogens (tertiary/aromatic N) is 3. The van der Waals surface area contributed by atoms with Crippen LogP contribution in [0.5, 0.6) is 0 Å². The first-order valence-electron chi connectivity index (χ1n) is 4.46. The number of fused-ring (bicyclic) bond motifs is 2. The van der Waals surface area contributed by atoms with Crippen molar-refractivity contribution in [3.05, 3.63) is 35.1 Å². The number of rotatable bonds is 0. The van der Waals surface area contributed by atoms with Gasteiger partial charge in [0.25, 0.3) is 0 Å². The molecule has 0 spiro atoms. The molecule has 0 unspecified atom stereocenters. The molecule has 5 nitrogen and oxygen atoms in total. The molecule has 0 bridgehead atoms. The predicted octanol–water partition coefficient (Wildman–Crippen LogP) is 1.10. The van der Waals surface area contributed by atoms with Crippen molar-refractivity contribution in [3.63, 3.8) is 0 Å². The van der Waals surface area contributed by atoms with E-state index in [0.717, 1.165) is 0 Å². The van der Waals surface area contributed by atoms with E-state index < -0.39 is 0 Å². The first kappa shape index (κ1) is 8.16. The van der Waals surface area contributed by atoms with Gasteiger partial charge in [0, 0.05) is 6.42 Å². The van der Waals surface area contributed by atoms with E-state index in [1.165, 1.54) is 6.08 Å². The normalized spacial score (nSPS) is 22.7. The molecule has 0 aromatic heterocycles. The average Bonchev–Trinajstić information content (AvgIpc) is 2.66. The van der Waals surface area contributed by atoms with Crippen LogP contribution in [0.1, 0.15) is 6.42 Å². The summed E-state index contributed by atoms with van der Waals surface area (Å²) < 4.78 is 0. The molecule has 0 saturated carbocycles. The van der Waals surface area contributed by atoms with Crippen LogP contribution in [0.3, 0.4) is 0 Å². The highest BCUT2D eigenvalue weighted by Gasteiger charge is 2.35. The van der Waals surface area contributed by atoms with Crippen molar-refractivity contribution in [2.45, 2.75) is 6.42 Å². The summed E-state index contributed by atoms with van der Waals surface area (Å²) in [6.45, 7) is 0. The molecule has 0 aromatic carbocycles. The van der Waals surface area contributed by atoms with Crippen LogP contribution >= 0.6 is 0 Å². The van der Waals surface area contributed by atoms with Crippen LogP contribution in [0.15, 0.2) is 50.5 Å². The molecule has 1 heterocycles. The fourth-order valence-corrected chi connectivity index (χ4v) is 1.81. The van der Waals surface area contributed by atoms with Crippen LogP contribution < -0.4 is 0 Å². The SMILES string of the molecule is O=C1C=CC=C2CC(=O)C3=NN=NC3=C12.